The van der Waals surface area contributed by atoms with Gasteiger partial charge in [-0.1, -0.05) is 0 Å². The van der Waals surface area contributed by atoms with Crippen LogP contribution in [0.4, 0.5) is 11.5 Å². The predicted molar refractivity (Wildman–Crippen MR) is 89.1 cm³/mol. The molecular formula is C17H15N5O2. The zero-order valence-electron chi connectivity index (χ0n) is 13.1. The van der Waals surface area contributed by atoms with Gasteiger partial charge in [0.15, 0.2) is 5.65 Å². The molecule has 7 heteroatoms. The van der Waals surface area contributed by atoms with E-state index in [1.807, 2.05) is 12.1 Å². The van der Waals surface area contributed by atoms with E-state index in [-0.39, 0.29) is 11.8 Å². The molecule has 2 aromatic heterocycles. The Morgan fingerprint density at radius 2 is 2.04 bits per heavy atom. The Morgan fingerprint density at radius 1 is 1.17 bits per heavy atom. The Labute approximate surface area is 137 Å². The fourth-order valence-corrected chi connectivity index (χ4v) is 2.99. The summed E-state index contributed by atoms with van der Waals surface area (Å²) in [5.41, 5.74) is 3.12. The van der Waals surface area contributed by atoms with Crippen molar-refractivity contribution in [2.75, 3.05) is 16.8 Å². The second-order valence-corrected chi connectivity index (χ2v) is 5.65. The highest BCUT2D eigenvalue weighted by Crippen LogP contribution is 2.29. The lowest BCUT2D eigenvalue weighted by molar-refractivity contribution is -0.116. The van der Waals surface area contributed by atoms with Crippen molar-refractivity contribution in [1.82, 2.24) is 14.6 Å². The molecule has 2 amide bonds. The summed E-state index contributed by atoms with van der Waals surface area (Å²) in [6.07, 6.45) is 4.01. The van der Waals surface area contributed by atoms with Gasteiger partial charge in [-0.25, -0.2) is 4.98 Å². The third-order valence-corrected chi connectivity index (χ3v) is 4.15. The van der Waals surface area contributed by atoms with Crippen molar-refractivity contribution >= 4 is 29.0 Å². The molecule has 7 nitrogen and oxygen atoms in total. The van der Waals surface area contributed by atoms with Crippen LogP contribution in [0, 0.1) is 0 Å². The quantitative estimate of drug-likeness (QED) is 0.782. The number of carbonyl (C=O) groups is 2. The van der Waals surface area contributed by atoms with Crippen LogP contribution in [-0.2, 0) is 11.2 Å². The van der Waals surface area contributed by atoms with Crippen molar-refractivity contribution < 1.29 is 9.59 Å². The van der Waals surface area contributed by atoms with E-state index in [1.54, 1.807) is 46.9 Å². The lowest BCUT2D eigenvalue weighted by Gasteiger charge is -2.14. The molecule has 0 fully saturated rings. The number of hydrogen-bond acceptors (Lipinski definition) is 4. The number of hydrogen-bond donors (Lipinski definition) is 1. The molecule has 1 aliphatic rings. The van der Waals surface area contributed by atoms with E-state index >= 15 is 0 Å². The topological polar surface area (TPSA) is 79.6 Å². The fraction of sp³-hybridized carbons (Fsp3) is 0.176. The van der Waals surface area contributed by atoms with E-state index in [9.17, 15) is 9.59 Å². The Kier molecular flexibility index (Phi) is 3.26. The maximum absolute atomic E-state index is 12.5. The number of nitrogens with zero attached hydrogens (tertiary/aromatic N) is 4. The van der Waals surface area contributed by atoms with Gasteiger partial charge in [0.1, 0.15) is 5.82 Å². The molecule has 1 aromatic carbocycles. The van der Waals surface area contributed by atoms with Gasteiger partial charge in [-0.3, -0.25) is 9.59 Å². The number of fused-ring (bicyclic) bond motifs is 2. The second kappa shape index (κ2) is 5.45. The largest absolute Gasteiger partial charge is 0.312 e. The molecular weight excluding hydrogens is 306 g/mol. The first-order valence-electron chi connectivity index (χ1n) is 7.64. The number of amides is 2. The summed E-state index contributed by atoms with van der Waals surface area (Å²) in [6, 6.07) is 8.87. The average Bonchev–Trinajstić information content (AvgIpc) is 3.21. The molecule has 0 unspecified atom stereocenters. The molecule has 0 saturated carbocycles. The molecule has 4 rings (SSSR count). The third-order valence-electron chi connectivity index (χ3n) is 4.15. The van der Waals surface area contributed by atoms with Gasteiger partial charge in [-0.15, -0.1) is 0 Å². The van der Waals surface area contributed by atoms with Crippen LogP contribution >= 0.6 is 0 Å². The Morgan fingerprint density at radius 3 is 2.88 bits per heavy atom. The first kappa shape index (κ1) is 14.4. The predicted octanol–water partition coefficient (Wildman–Crippen LogP) is 1.89. The van der Waals surface area contributed by atoms with E-state index in [0.29, 0.717) is 23.6 Å². The zero-order valence-corrected chi connectivity index (χ0v) is 13.1. The summed E-state index contributed by atoms with van der Waals surface area (Å²) in [6.45, 7) is 2.21. The number of anilines is 2. The second-order valence-electron chi connectivity index (χ2n) is 5.65. The van der Waals surface area contributed by atoms with Crippen molar-refractivity contribution in [3.05, 3.63) is 53.9 Å². The van der Waals surface area contributed by atoms with Crippen molar-refractivity contribution in [2.24, 2.45) is 0 Å². The molecule has 0 aliphatic carbocycles. The third kappa shape index (κ3) is 2.30. The highest BCUT2D eigenvalue weighted by molar-refractivity contribution is 6.05. The molecule has 3 aromatic rings. The van der Waals surface area contributed by atoms with E-state index in [0.717, 1.165) is 17.7 Å². The van der Waals surface area contributed by atoms with Gasteiger partial charge in [-0.05, 0) is 36.2 Å². The van der Waals surface area contributed by atoms with Crippen LogP contribution in [0.2, 0.25) is 0 Å². The molecule has 1 aliphatic heterocycles. The van der Waals surface area contributed by atoms with Gasteiger partial charge in [-0.2, -0.15) is 9.61 Å². The minimum atomic E-state index is -0.220. The monoisotopic (exact) mass is 321 g/mol. The van der Waals surface area contributed by atoms with Crippen LogP contribution in [0.1, 0.15) is 22.8 Å². The number of nitrogens with one attached hydrogen (secondary N) is 1. The summed E-state index contributed by atoms with van der Waals surface area (Å²) in [5, 5.41) is 7.00. The molecule has 24 heavy (non-hydrogen) atoms. The maximum Gasteiger partial charge on any atom is 0.256 e. The highest BCUT2D eigenvalue weighted by atomic mass is 16.2. The Balaban J connectivity index is 1.62. The summed E-state index contributed by atoms with van der Waals surface area (Å²) in [5.74, 6) is 0.353. The van der Waals surface area contributed by atoms with Crippen LogP contribution in [-0.4, -0.2) is 33.0 Å². The minimum absolute atomic E-state index is 0.0174. The molecule has 0 spiro atoms. The van der Waals surface area contributed by atoms with Gasteiger partial charge in [0.25, 0.3) is 5.91 Å². The van der Waals surface area contributed by atoms with E-state index < -0.39 is 0 Å². The van der Waals surface area contributed by atoms with E-state index in [2.05, 4.69) is 15.4 Å². The number of benzene rings is 1. The molecule has 0 saturated heterocycles. The van der Waals surface area contributed by atoms with Crippen LogP contribution < -0.4 is 10.2 Å². The van der Waals surface area contributed by atoms with Crippen molar-refractivity contribution in [3.63, 3.8) is 0 Å². The highest BCUT2D eigenvalue weighted by Gasteiger charge is 2.23. The number of rotatable bonds is 2. The number of carbonyl (C=O) groups excluding carboxylic acids is 2. The first-order valence-corrected chi connectivity index (χ1v) is 7.64. The lowest BCUT2D eigenvalue weighted by Crippen LogP contribution is -2.25. The SMILES string of the molecule is CC(=O)N1CCc2cc(C(=O)Nc3ccnc4ccnn34)ccc21. The molecule has 0 radical (unpaired) electrons. The number of aromatic nitrogens is 3. The average molecular weight is 321 g/mol. The minimum Gasteiger partial charge on any atom is -0.312 e. The molecule has 3 heterocycles. The van der Waals surface area contributed by atoms with Gasteiger partial charge in [0, 0.05) is 37.0 Å². The van der Waals surface area contributed by atoms with Gasteiger partial charge >= 0.3 is 0 Å². The van der Waals surface area contributed by atoms with Crippen molar-refractivity contribution in [1.29, 1.82) is 0 Å². The molecule has 1 N–H and O–H groups in total. The zero-order chi connectivity index (χ0) is 16.7. The summed E-state index contributed by atoms with van der Waals surface area (Å²) in [4.78, 5) is 30.0. The lowest BCUT2D eigenvalue weighted by atomic mass is 10.1. The summed E-state index contributed by atoms with van der Waals surface area (Å²) in [7, 11) is 0. The summed E-state index contributed by atoms with van der Waals surface area (Å²) < 4.78 is 1.57. The normalized spacial score (nSPS) is 13.1. The van der Waals surface area contributed by atoms with E-state index in [4.69, 9.17) is 0 Å². The molecule has 120 valence electrons. The first-order chi connectivity index (χ1) is 11.6. The van der Waals surface area contributed by atoms with Crippen molar-refractivity contribution in [3.8, 4) is 0 Å². The molecule has 0 bridgehead atoms. The molecule has 0 atom stereocenters. The van der Waals surface area contributed by atoms with Crippen LogP contribution in [0.5, 0.6) is 0 Å². The van der Waals surface area contributed by atoms with Gasteiger partial charge < -0.3 is 10.2 Å². The maximum atomic E-state index is 12.5. The Hall–Kier alpha value is -3.22. The Bertz CT molecular complexity index is 963. The standard InChI is InChI=1S/C17H15N5O2/c1-11(23)21-9-6-12-10-13(2-3-14(12)21)17(24)20-16-4-7-18-15-5-8-19-22(15)16/h2-5,7-8,10H,6,9H2,1H3,(H,20,24). The van der Waals surface area contributed by atoms with Crippen LogP contribution in [0.15, 0.2) is 42.7 Å². The summed E-state index contributed by atoms with van der Waals surface area (Å²) >= 11 is 0. The van der Waals surface area contributed by atoms with Gasteiger partial charge in [0.2, 0.25) is 5.91 Å². The van der Waals surface area contributed by atoms with Crippen LogP contribution in [0.25, 0.3) is 5.65 Å². The fourth-order valence-electron chi connectivity index (χ4n) is 2.99. The van der Waals surface area contributed by atoms with E-state index in [1.165, 1.54) is 0 Å². The smallest absolute Gasteiger partial charge is 0.256 e. The van der Waals surface area contributed by atoms with Gasteiger partial charge in [0.05, 0.1) is 6.20 Å². The van der Waals surface area contributed by atoms with Crippen molar-refractivity contribution in [2.45, 2.75) is 13.3 Å². The van der Waals surface area contributed by atoms with Crippen LogP contribution in [0.3, 0.4) is 0 Å².